The Balaban J connectivity index is 1.46. The average Bonchev–Trinajstić information content (AvgIpc) is 3.49. The summed E-state index contributed by atoms with van der Waals surface area (Å²) < 4.78 is 2.51. The highest BCUT2D eigenvalue weighted by Gasteiger charge is 2.37. The molecule has 12 nitrogen and oxygen atoms in total. The quantitative estimate of drug-likeness (QED) is 0.347. The average molecular weight is 522 g/mol. The Morgan fingerprint density at radius 1 is 1.16 bits per heavy atom. The molecule has 1 aromatic carbocycles. The summed E-state index contributed by atoms with van der Waals surface area (Å²) in [6, 6.07) is 3.62. The number of carbonyl (C=O) groups excluding carboxylic acids is 1. The van der Waals surface area contributed by atoms with Crippen LogP contribution in [0.1, 0.15) is 26.7 Å². The zero-order valence-electron chi connectivity index (χ0n) is 20.7. The van der Waals surface area contributed by atoms with Gasteiger partial charge in [-0.2, -0.15) is 0 Å². The summed E-state index contributed by atoms with van der Waals surface area (Å²) in [5, 5.41) is 23.8. The van der Waals surface area contributed by atoms with Crippen molar-refractivity contribution in [1.82, 2.24) is 35.3 Å². The van der Waals surface area contributed by atoms with Gasteiger partial charge in [-0.1, -0.05) is 16.6 Å². The number of carboxylic acid groups (broad SMARTS) is 1. The van der Waals surface area contributed by atoms with Gasteiger partial charge in [0, 0.05) is 50.2 Å². The smallest absolute Gasteiger partial charge is 0.321 e. The predicted molar refractivity (Wildman–Crippen MR) is 141 cm³/mol. The molecule has 1 aliphatic rings. The molecule has 0 aliphatic carbocycles. The maximum Gasteiger partial charge on any atom is 0.321 e. The number of carboxylic acids is 1. The maximum atomic E-state index is 12.0. The van der Waals surface area contributed by atoms with Crippen LogP contribution in [0.4, 0.5) is 15.9 Å². The van der Waals surface area contributed by atoms with E-state index in [0.717, 1.165) is 21.4 Å². The normalized spacial score (nSPS) is 15.1. The van der Waals surface area contributed by atoms with Crippen molar-refractivity contribution < 1.29 is 14.7 Å². The molecule has 0 bridgehead atoms. The Morgan fingerprint density at radius 2 is 1.89 bits per heavy atom. The number of rotatable bonds is 6. The third-order valence-electron chi connectivity index (χ3n) is 6.56. The van der Waals surface area contributed by atoms with Gasteiger partial charge in [-0.25, -0.2) is 19.7 Å². The van der Waals surface area contributed by atoms with Crippen molar-refractivity contribution in [3.8, 4) is 22.4 Å². The number of carbonyl (C=O) groups is 2. The van der Waals surface area contributed by atoms with Crippen LogP contribution in [0, 0.1) is 5.41 Å². The van der Waals surface area contributed by atoms with Gasteiger partial charge in [-0.05, 0) is 44.4 Å². The monoisotopic (exact) mass is 521 g/mol. The first-order valence-corrected chi connectivity index (χ1v) is 12.7. The second-order valence-electron chi connectivity index (χ2n) is 9.28. The lowest BCUT2D eigenvalue weighted by Crippen LogP contribution is -2.43. The highest BCUT2D eigenvalue weighted by atomic mass is 32.1. The summed E-state index contributed by atoms with van der Waals surface area (Å²) >= 11 is 1.37. The molecule has 1 saturated heterocycles. The van der Waals surface area contributed by atoms with E-state index < -0.39 is 11.4 Å². The van der Waals surface area contributed by atoms with Gasteiger partial charge in [-0.15, -0.1) is 5.10 Å². The Bertz CT molecular complexity index is 1460. The topological polar surface area (TPSA) is 151 Å². The molecule has 2 amide bonds. The summed E-state index contributed by atoms with van der Waals surface area (Å²) in [7, 11) is 1.80. The summed E-state index contributed by atoms with van der Waals surface area (Å²) in [5.74, 6) is -0.183. The van der Waals surface area contributed by atoms with E-state index in [1.807, 2.05) is 30.2 Å². The Labute approximate surface area is 216 Å². The maximum absolute atomic E-state index is 12.0. The van der Waals surface area contributed by atoms with Gasteiger partial charge >= 0.3 is 12.0 Å². The van der Waals surface area contributed by atoms with Crippen LogP contribution in [-0.4, -0.2) is 66.7 Å². The minimum atomic E-state index is -0.760. The van der Waals surface area contributed by atoms with Crippen LogP contribution in [0.15, 0.2) is 30.7 Å². The summed E-state index contributed by atoms with van der Waals surface area (Å²) in [6.07, 6.45) is 6.43. The van der Waals surface area contributed by atoms with Crippen LogP contribution in [0.2, 0.25) is 0 Å². The van der Waals surface area contributed by atoms with Crippen molar-refractivity contribution >= 4 is 44.6 Å². The molecule has 192 valence electrons. The van der Waals surface area contributed by atoms with E-state index in [9.17, 15) is 14.7 Å². The molecule has 0 saturated carbocycles. The van der Waals surface area contributed by atoms with E-state index in [-0.39, 0.29) is 6.03 Å². The van der Waals surface area contributed by atoms with Gasteiger partial charge in [0.15, 0.2) is 5.13 Å². The van der Waals surface area contributed by atoms with Crippen molar-refractivity contribution in [1.29, 1.82) is 0 Å². The molecule has 4 heterocycles. The highest BCUT2D eigenvalue weighted by molar-refractivity contribution is 7.22. The fourth-order valence-corrected chi connectivity index (χ4v) is 5.23. The Kier molecular flexibility index (Phi) is 6.46. The molecule has 3 aromatic heterocycles. The molecule has 37 heavy (non-hydrogen) atoms. The van der Waals surface area contributed by atoms with Crippen molar-refractivity contribution in [2.45, 2.75) is 26.7 Å². The van der Waals surface area contributed by atoms with Crippen LogP contribution in [-0.2, 0) is 11.8 Å². The van der Waals surface area contributed by atoms with Crippen LogP contribution in [0.5, 0.6) is 0 Å². The molecule has 3 N–H and O–H groups in total. The molecule has 4 aromatic rings. The van der Waals surface area contributed by atoms with Gasteiger partial charge in [0.05, 0.1) is 21.8 Å². The van der Waals surface area contributed by atoms with E-state index in [0.29, 0.717) is 54.8 Å². The summed E-state index contributed by atoms with van der Waals surface area (Å²) in [5.41, 5.74) is 3.19. The lowest BCUT2D eigenvalue weighted by molar-refractivity contribution is -0.149. The van der Waals surface area contributed by atoms with Crippen LogP contribution >= 0.6 is 11.3 Å². The first kappa shape index (κ1) is 24.6. The lowest BCUT2D eigenvalue weighted by atomic mass is 9.80. The van der Waals surface area contributed by atoms with Gasteiger partial charge in [0.25, 0.3) is 0 Å². The number of benzene rings is 1. The predicted octanol–water partition coefficient (Wildman–Crippen LogP) is 3.38. The van der Waals surface area contributed by atoms with E-state index in [1.54, 1.807) is 31.0 Å². The number of aryl methyl sites for hydroxylation is 1. The number of aliphatic carboxylic acids is 1. The number of nitrogens with zero attached hydrogens (tertiary/aromatic N) is 7. The fourth-order valence-electron chi connectivity index (χ4n) is 4.26. The van der Waals surface area contributed by atoms with E-state index in [1.165, 1.54) is 11.3 Å². The number of piperidine rings is 1. The van der Waals surface area contributed by atoms with Crippen molar-refractivity contribution in [2.24, 2.45) is 12.5 Å². The lowest BCUT2D eigenvalue weighted by Gasteiger charge is -2.36. The number of amides is 2. The van der Waals surface area contributed by atoms with Crippen molar-refractivity contribution in [3.63, 3.8) is 0 Å². The van der Waals surface area contributed by atoms with E-state index in [2.05, 4.69) is 35.9 Å². The largest absolute Gasteiger partial charge is 0.481 e. The molecule has 1 aliphatic heterocycles. The SMILES string of the molecule is CCNC(=O)Nc1nc2cc(-c3cnc(N4CCC(C)(C(=O)O)CC4)nc3)cc(-c3cn(C)nn3)c2s1. The first-order valence-electron chi connectivity index (χ1n) is 11.9. The van der Waals surface area contributed by atoms with Crippen LogP contribution < -0.4 is 15.5 Å². The van der Waals surface area contributed by atoms with E-state index >= 15 is 0 Å². The molecular weight excluding hydrogens is 494 g/mol. The van der Waals surface area contributed by atoms with Gasteiger partial charge in [-0.3, -0.25) is 14.8 Å². The van der Waals surface area contributed by atoms with Crippen molar-refractivity contribution in [3.05, 3.63) is 30.7 Å². The Hall–Kier alpha value is -4.13. The summed E-state index contributed by atoms with van der Waals surface area (Å²) in [4.78, 5) is 39.4. The van der Waals surface area contributed by atoms with Crippen molar-refractivity contribution in [2.75, 3.05) is 29.9 Å². The van der Waals surface area contributed by atoms with Crippen LogP contribution in [0.3, 0.4) is 0 Å². The minimum Gasteiger partial charge on any atom is -0.481 e. The fraction of sp³-hybridized carbons (Fsp3) is 0.375. The van der Waals surface area contributed by atoms with Crippen LogP contribution in [0.25, 0.3) is 32.6 Å². The molecule has 5 rings (SSSR count). The van der Waals surface area contributed by atoms with Gasteiger partial charge in [0.2, 0.25) is 5.95 Å². The third-order valence-corrected chi connectivity index (χ3v) is 7.58. The highest BCUT2D eigenvalue weighted by Crippen LogP contribution is 2.38. The number of anilines is 2. The number of urea groups is 1. The number of nitrogens with one attached hydrogen (secondary N) is 2. The Morgan fingerprint density at radius 3 is 2.51 bits per heavy atom. The number of aromatic nitrogens is 6. The molecule has 13 heteroatoms. The standard InChI is InChI=1S/C24H27N9O3S/c1-4-25-22(36)29-23-28-17-10-14(9-16(19(17)37-23)18-13-32(3)31-30-18)15-11-26-21(27-12-15)33-7-5-24(2,6-8-33)20(34)35/h9-13H,4-8H2,1-3H3,(H,34,35)(H2,25,28,29,36). The van der Waals surface area contributed by atoms with E-state index in [4.69, 9.17) is 0 Å². The molecule has 0 unspecified atom stereocenters. The summed E-state index contributed by atoms with van der Waals surface area (Å²) in [6.45, 7) is 5.33. The molecule has 0 spiro atoms. The van der Waals surface area contributed by atoms with Gasteiger partial charge < -0.3 is 15.3 Å². The number of thiazole rings is 1. The first-order chi connectivity index (χ1) is 17.8. The zero-order valence-corrected chi connectivity index (χ0v) is 21.5. The van der Waals surface area contributed by atoms with Gasteiger partial charge in [0.1, 0.15) is 5.69 Å². The number of hydrogen-bond acceptors (Lipinski definition) is 9. The molecular formula is C24H27N9O3S. The second kappa shape index (κ2) is 9.73. The zero-order chi connectivity index (χ0) is 26.2. The molecule has 0 radical (unpaired) electrons. The minimum absolute atomic E-state index is 0.312. The number of hydrogen-bond donors (Lipinski definition) is 3. The second-order valence-corrected chi connectivity index (χ2v) is 10.3. The molecule has 0 atom stereocenters. The number of fused-ring (bicyclic) bond motifs is 1. The third kappa shape index (κ3) is 4.94. The molecule has 1 fully saturated rings.